The van der Waals surface area contributed by atoms with Crippen molar-refractivity contribution in [3.63, 3.8) is 0 Å². The summed E-state index contributed by atoms with van der Waals surface area (Å²) in [6.07, 6.45) is 1.70. The Morgan fingerprint density at radius 1 is 1.37 bits per heavy atom. The maximum absolute atomic E-state index is 10.6. The summed E-state index contributed by atoms with van der Waals surface area (Å²) < 4.78 is 4.84. The molecule has 0 aliphatic heterocycles. The molecule has 0 fully saturated rings. The molecular formula is C11H8N2O5S. The Balaban J connectivity index is 2.55. The van der Waals surface area contributed by atoms with E-state index in [9.17, 15) is 20.1 Å². The smallest absolute Gasteiger partial charge is 0.293 e. The summed E-state index contributed by atoms with van der Waals surface area (Å²) in [6, 6.07) is 5.55. The minimum absolute atomic E-state index is 0.0637. The lowest BCUT2D eigenvalue weighted by Gasteiger charge is -2.00. The van der Waals surface area contributed by atoms with E-state index in [2.05, 4.69) is 5.18 Å². The van der Waals surface area contributed by atoms with Crippen molar-refractivity contribution in [1.29, 1.82) is 0 Å². The molecule has 7 nitrogen and oxygen atoms in total. The number of nitrogens with zero attached hydrogens (tertiary/aromatic N) is 2. The summed E-state index contributed by atoms with van der Waals surface area (Å²) >= 11 is 1.19. The van der Waals surface area contributed by atoms with Crippen molar-refractivity contribution in [2.24, 2.45) is 5.18 Å². The number of hydrogen-bond acceptors (Lipinski definition) is 7. The van der Waals surface area contributed by atoms with Gasteiger partial charge in [-0.3, -0.25) is 10.1 Å². The molecule has 0 saturated carbocycles. The maximum Gasteiger partial charge on any atom is 0.293 e. The zero-order valence-electron chi connectivity index (χ0n) is 9.69. The summed E-state index contributed by atoms with van der Waals surface area (Å²) in [6.45, 7) is 0. The number of non-ortho nitro benzene ring substituents is 1. The third kappa shape index (κ3) is 2.29. The van der Waals surface area contributed by atoms with Crippen molar-refractivity contribution in [3.8, 4) is 17.1 Å². The predicted octanol–water partition coefficient (Wildman–Crippen LogP) is 3.68. The van der Waals surface area contributed by atoms with Gasteiger partial charge in [-0.1, -0.05) is 0 Å². The number of nitroso groups, excluding NO2 is 1. The van der Waals surface area contributed by atoms with E-state index in [1.54, 1.807) is 6.26 Å². The SMILES string of the molecule is CSc1c(N=O)oc(O)c1-c1ccc([N+](=O)[O-])cc1. The highest BCUT2D eigenvalue weighted by molar-refractivity contribution is 7.98. The Morgan fingerprint density at radius 3 is 2.47 bits per heavy atom. The molecule has 1 aromatic heterocycles. The standard InChI is InChI=1S/C11H8N2O5S/c1-19-9-8(11(14)18-10(9)12-15)6-2-4-7(5-3-6)13(16)17/h2-5,14H,1H3. The van der Waals surface area contributed by atoms with Crippen LogP contribution in [0, 0.1) is 15.0 Å². The van der Waals surface area contributed by atoms with Gasteiger partial charge in [-0.05, 0) is 24.0 Å². The van der Waals surface area contributed by atoms with Crippen molar-refractivity contribution in [2.45, 2.75) is 4.90 Å². The van der Waals surface area contributed by atoms with Gasteiger partial charge in [0.2, 0.25) is 0 Å². The second kappa shape index (κ2) is 5.11. The van der Waals surface area contributed by atoms with E-state index in [0.29, 0.717) is 16.0 Å². The number of nitro benzene ring substituents is 1. The van der Waals surface area contributed by atoms with Crippen LogP contribution in [-0.2, 0) is 0 Å². The second-order valence-electron chi connectivity index (χ2n) is 3.52. The average molecular weight is 280 g/mol. The molecule has 0 aliphatic carbocycles. The Morgan fingerprint density at radius 2 is 2.00 bits per heavy atom. The van der Waals surface area contributed by atoms with Crippen molar-refractivity contribution < 1.29 is 14.4 Å². The van der Waals surface area contributed by atoms with Crippen LogP contribution < -0.4 is 0 Å². The molecule has 1 aromatic carbocycles. The quantitative estimate of drug-likeness (QED) is 0.396. The molecular weight excluding hydrogens is 272 g/mol. The second-order valence-corrected chi connectivity index (χ2v) is 4.33. The van der Waals surface area contributed by atoms with Crippen LogP contribution in [0.4, 0.5) is 11.6 Å². The Bertz CT molecular complexity index is 635. The molecule has 0 bridgehead atoms. The molecule has 98 valence electrons. The number of thioether (sulfide) groups is 1. The van der Waals surface area contributed by atoms with Gasteiger partial charge < -0.3 is 9.52 Å². The number of benzene rings is 1. The number of rotatable bonds is 4. The third-order valence-corrected chi connectivity index (χ3v) is 3.27. The molecule has 1 heterocycles. The summed E-state index contributed by atoms with van der Waals surface area (Å²) in [5, 5.41) is 22.9. The van der Waals surface area contributed by atoms with Crippen LogP contribution in [0.1, 0.15) is 0 Å². The van der Waals surface area contributed by atoms with E-state index in [-0.39, 0.29) is 11.6 Å². The lowest BCUT2D eigenvalue weighted by Crippen LogP contribution is -1.87. The van der Waals surface area contributed by atoms with E-state index in [1.807, 2.05) is 0 Å². The Kier molecular flexibility index (Phi) is 3.52. The van der Waals surface area contributed by atoms with Gasteiger partial charge in [0.05, 0.1) is 15.4 Å². The monoisotopic (exact) mass is 280 g/mol. The minimum atomic E-state index is -0.521. The van der Waals surface area contributed by atoms with Crippen molar-refractivity contribution in [3.05, 3.63) is 39.3 Å². The molecule has 1 N–H and O–H groups in total. The van der Waals surface area contributed by atoms with E-state index in [0.717, 1.165) is 0 Å². The summed E-state index contributed by atoms with van der Waals surface area (Å²) in [7, 11) is 0. The van der Waals surface area contributed by atoms with E-state index in [1.165, 1.54) is 36.0 Å². The predicted molar refractivity (Wildman–Crippen MR) is 69.7 cm³/mol. The third-order valence-electron chi connectivity index (χ3n) is 2.48. The normalized spacial score (nSPS) is 10.4. The highest BCUT2D eigenvalue weighted by Gasteiger charge is 2.22. The average Bonchev–Trinajstić information content (AvgIpc) is 2.74. The molecule has 19 heavy (non-hydrogen) atoms. The molecule has 0 aliphatic rings. The van der Waals surface area contributed by atoms with Crippen LogP contribution in [0.25, 0.3) is 11.1 Å². The molecule has 0 saturated heterocycles. The Hall–Kier alpha value is -2.35. The maximum atomic E-state index is 10.6. The van der Waals surface area contributed by atoms with E-state index in [4.69, 9.17) is 4.42 Å². The molecule has 8 heteroatoms. The zero-order valence-corrected chi connectivity index (χ0v) is 10.5. The van der Waals surface area contributed by atoms with Crippen molar-refractivity contribution in [1.82, 2.24) is 0 Å². The first kappa shape index (κ1) is 13.1. The first-order valence-corrected chi connectivity index (χ1v) is 6.29. The summed E-state index contributed by atoms with van der Waals surface area (Å²) in [5.41, 5.74) is 0.745. The number of furan rings is 1. The van der Waals surface area contributed by atoms with Crippen LogP contribution in [0.3, 0.4) is 0 Å². The van der Waals surface area contributed by atoms with Crippen LogP contribution in [0.5, 0.6) is 5.95 Å². The number of nitro groups is 1. The number of hydrogen-bond donors (Lipinski definition) is 1. The molecule has 0 spiro atoms. The van der Waals surface area contributed by atoms with Crippen molar-refractivity contribution in [2.75, 3.05) is 6.26 Å². The lowest BCUT2D eigenvalue weighted by molar-refractivity contribution is -0.384. The van der Waals surface area contributed by atoms with Gasteiger partial charge in [-0.15, -0.1) is 16.7 Å². The fraction of sp³-hybridized carbons (Fsp3) is 0.0909. The van der Waals surface area contributed by atoms with E-state index < -0.39 is 10.9 Å². The molecule has 2 rings (SSSR count). The topological polar surface area (TPSA) is 106 Å². The van der Waals surface area contributed by atoms with Crippen LogP contribution in [0.2, 0.25) is 0 Å². The van der Waals surface area contributed by atoms with Gasteiger partial charge in [-0.25, -0.2) is 0 Å². The molecule has 0 atom stereocenters. The summed E-state index contributed by atoms with van der Waals surface area (Å²) in [5.74, 6) is -0.647. The minimum Gasteiger partial charge on any atom is -0.480 e. The first-order valence-electron chi connectivity index (χ1n) is 5.06. The lowest BCUT2D eigenvalue weighted by atomic mass is 10.1. The van der Waals surface area contributed by atoms with Gasteiger partial charge >= 0.3 is 0 Å². The Labute approximate surface area is 111 Å². The van der Waals surface area contributed by atoms with Gasteiger partial charge in [0.25, 0.3) is 17.5 Å². The highest BCUT2D eigenvalue weighted by Crippen LogP contribution is 2.46. The molecule has 2 aromatic rings. The van der Waals surface area contributed by atoms with Crippen LogP contribution >= 0.6 is 11.8 Å². The van der Waals surface area contributed by atoms with Crippen LogP contribution in [0.15, 0.2) is 38.8 Å². The van der Waals surface area contributed by atoms with E-state index >= 15 is 0 Å². The fourth-order valence-corrected chi connectivity index (χ4v) is 2.31. The highest BCUT2D eigenvalue weighted by atomic mass is 32.2. The molecule has 0 radical (unpaired) electrons. The first-order chi connectivity index (χ1) is 9.08. The fourth-order valence-electron chi connectivity index (χ4n) is 1.65. The van der Waals surface area contributed by atoms with Gasteiger partial charge in [-0.2, -0.15) is 0 Å². The van der Waals surface area contributed by atoms with Gasteiger partial charge in [0.15, 0.2) is 0 Å². The van der Waals surface area contributed by atoms with Crippen LogP contribution in [-0.4, -0.2) is 16.3 Å². The summed E-state index contributed by atoms with van der Waals surface area (Å²) in [4.78, 5) is 21.0. The van der Waals surface area contributed by atoms with Gasteiger partial charge in [0, 0.05) is 17.3 Å². The van der Waals surface area contributed by atoms with Gasteiger partial charge in [0.1, 0.15) is 0 Å². The zero-order chi connectivity index (χ0) is 14.0. The number of aromatic hydroxyl groups is 1. The molecule has 0 unspecified atom stereocenters. The van der Waals surface area contributed by atoms with Crippen molar-refractivity contribution >= 4 is 23.3 Å². The molecule has 0 amide bonds. The largest absolute Gasteiger partial charge is 0.480 e.